The summed E-state index contributed by atoms with van der Waals surface area (Å²) in [5, 5.41) is 0. The summed E-state index contributed by atoms with van der Waals surface area (Å²) >= 11 is 1.73. The highest BCUT2D eigenvalue weighted by Crippen LogP contribution is 2.42. The first-order valence-corrected chi connectivity index (χ1v) is 19.8. The van der Waals surface area contributed by atoms with E-state index < -0.39 is 30.0 Å². The molecule has 1 aliphatic rings. The van der Waals surface area contributed by atoms with Crippen LogP contribution in [0, 0.1) is 0 Å². The molecule has 0 N–H and O–H groups in total. The average molecular weight is 737 g/mol. The molecule has 0 spiro atoms. The second-order valence-electron chi connectivity index (χ2n) is 13.4. The predicted octanol–water partition coefficient (Wildman–Crippen LogP) is 10.2. The zero-order valence-corrected chi connectivity index (χ0v) is 31.5. The molecular formula is C48H48O5S. The van der Waals surface area contributed by atoms with Gasteiger partial charge in [0.2, 0.25) is 0 Å². The molecule has 1 saturated heterocycles. The van der Waals surface area contributed by atoms with Crippen molar-refractivity contribution in [2.75, 3.05) is 12.4 Å². The molecule has 0 aromatic heterocycles. The van der Waals surface area contributed by atoms with Crippen molar-refractivity contribution in [3.63, 3.8) is 0 Å². The summed E-state index contributed by atoms with van der Waals surface area (Å²) < 4.78 is 35.3. The number of thioether (sulfide) groups is 1. The number of rotatable bonds is 17. The van der Waals surface area contributed by atoms with Gasteiger partial charge in [-0.15, -0.1) is 11.8 Å². The molecule has 1 fully saturated rings. The third kappa shape index (κ3) is 9.22. The van der Waals surface area contributed by atoms with Crippen LogP contribution in [0.3, 0.4) is 0 Å². The zero-order chi connectivity index (χ0) is 36.8. The Morgan fingerprint density at radius 2 is 0.815 bits per heavy atom. The summed E-state index contributed by atoms with van der Waals surface area (Å²) in [6.07, 6.45) is -1.91. The molecule has 0 saturated carbocycles. The normalized spacial score (nSPS) is 20.1. The number of hydrogen-bond acceptors (Lipinski definition) is 6. The Labute approximate surface area is 324 Å². The molecule has 276 valence electrons. The Balaban J connectivity index is 1.28. The standard InChI is InChI=1S/C48H48O5S/c1-2-54-47-46(51-35-39-25-13-5-14-26-39)45(50-34-38-23-11-4-12-24-38)44(49-33-37-21-9-3-10-22-37)43(53-47)36-52-48(40-27-15-6-16-28-40,41-29-17-7-18-30-41)42-31-19-8-20-32-42/h3-32,43-47H,2,33-36H2,1H3/t43-,44-,45+,46-,47-/m1/s1. The first-order chi connectivity index (χ1) is 26.7. The molecule has 0 unspecified atom stereocenters. The third-order valence-electron chi connectivity index (χ3n) is 9.78. The maximum Gasteiger partial charge on any atom is 0.143 e. The van der Waals surface area contributed by atoms with Crippen LogP contribution >= 0.6 is 11.8 Å². The van der Waals surface area contributed by atoms with Crippen LogP contribution in [0.5, 0.6) is 0 Å². The van der Waals surface area contributed by atoms with E-state index in [9.17, 15) is 0 Å². The molecule has 0 bridgehead atoms. The van der Waals surface area contributed by atoms with Gasteiger partial charge in [0.25, 0.3) is 0 Å². The Kier molecular flexibility index (Phi) is 13.4. The van der Waals surface area contributed by atoms with E-state index in [0.717, 1.165) is 39.1 Å². The zero-order valence-electron chi connectivity index (χ0n) is 30.7. The first kappa shape index (κ1) is 37.8. The fourth-order valence-corrected chi connectivity index (χ4v) is 8.13. The van der Waals surface area contributed by atoms with Gasteiger partial charge in [-0.2, -0.15) is 0 Å². The highest BCUT2D eigenvalue weighted by molar-refractivity contribution is 7.99. The molecule has 6 aromatic rings. The predicted molar refractivity (Wildman–Crippen MR) is 217 cm³/mol. The highest BCUT2D eigenvalue weighted by atomic mass is 32.2. The van der Waals surface area contributed by atoms with Crippen LogP contribution in [0.15, 0.2) is 182 Å². The van der Waals surface area contributed by atoms with E-state index >= 15 is 0 Å². The largest absolute Gasteiger partial charge is 0.368 e. The summed E-state index contributed by atoms with van der Waals surface area (Å²) in [5.74, 6) is 0.840. The number of benzene rings is 6. The minimum atomic E-state index is -0.925. The topological polar surface area (TPSA) is 46.2 Å². The Hall–Kier alpha value is -4.53. The van der Waals surface area contributed by atoms with Gasteiger partial charge in [-0.1, -0.05) is 189 Å². The second-order valence-corrected chi connectivity index (χ2v) is 14.7. The molecule has 5 nitrogen and oxygen atoms in total. The van der Waals surface area contributed by atoms with Crippen LogP contribution in [-0.2, 0) is 49.1 Å². The van der Waals surface area contributed by atoms with Crippen molar-refractivity contribution in [1.82, 2.24) is 0 Å². The van der Waals surface area contributed by atoms with Crippen molar-refractivity contribution >= 4 is 11.8 Å². The van der Waals surface area contributed by atoms with Crippen LogP contribution in [0.2, 0.25) is 0 Å². The highest BCUT2D eigenvalue weighted by Gasteiger charge is 2.50. The second kappa shape index (κ2) is 19.2. The first-order valence-electron chi connectivity index (χ1n) is 18.8. The Bertz CT molecular complexity index is 1830. The van der Waals surface area contributed by atoms with E-state index in [1.54, 1.807) is 11.8 Å². The van der Waals surface area contributed by atoms with E-state index in [4.69, 9.17) is 23.7 Å². The fraction of sp³-hybridized carbons (Fsp3) is 0.250. The summed E-state index contributed by atoms with van der Waals surface area (Å²) in [5.41, 5.74) is 5.07. The molecule has 0 radical (unpaired) electrons. The smallest absolute Gasteiger partial charge is 0.143 e. The quantitative estimate of drug-likeness (QED) is 0.0869. The summed E-state index contributed by atoms with van der Waals surface area (Å²) in [4.78, 5) is 0. The molecule has 5 atom stereocenters. The van der Waals surface area contributed by atoms with Crippen LogP contribution in [0.4, 0.5) is 0 Å². The van der Waals surface area contributed by atoms with Gasteiger partial charge in [0, 0.05) is 0 Å². The molecule has 54 heavy (non-hydrogen) atoms. The van der Waals surface area contributed by atoms with Gasteiger partial charge >= 0.3 is 0 Å². The van der Waals surface area contributed by atoms with E-state index in [0.29, 0.717) is 19.8 Å². The van der Waals surface area contributed by atoms with Crippen LogP contribution < -0.4 is 0 Å². The SMILES string of the molecule is CCS[C@H]1O[C@H](COC(c2ccccc2)(c2ccccc2)c2ccccc2)[C@@H](OCc2ccccc2)[C@H](OCc2ccccc2)[C@H]1OCc1ccccc1. The van der Waals surface area contributed by atoms with Gasteiger partial charge in [0.15, 0.2) is 0 Å². The molecule has 6 aromatic carbocycles. The fourth-order valence-electron chi connectivity index (χ4n) is 7.15. The van der Waals surface area contributed by atoms with E-state index in [1.807, 2.05) is 72.8 Å². The lowest BCUT2D eigenvalue weighted by atomic mass is 9.80. The van der Waals surface area contributed by atoms with Gasteiger partial charge in [0.1, 0.15) is 35.5 Å². The summed E-state index contributed by atoms with van der Waals surface area (Å²) in [6.45, 7) is 3.59. The van der Waals surface area contributed by atoms with Crippen molar-refractivity contribution in [1.29, 1.82) is 0 Å². The lowest BCUT2D eigenvalue weighted by Crippen LogP contribution is -2.60. The van der Waals surface area contributed by atoms with Crippen LogP contribution in [0.25, 0.3) is 0 Å². The van der Waals surface area contributed by atoms with Crippen molar-refractivity contribution in [3.05, 3.63) is 215 Å². The van der Waals surface area contributed by atoms with Crippen molar-refractivity contribution in [2.45, 2.75) is 62.2 Å². The molecule has 6 heteroatoms. The third-order valence-corrected chi connectivity index (χ3v) is 10.8. The lowest BCUT2D eigenvalue weighted by molar-refractivity contribution is -0.258. The molecule has 1 heterocycles. The summed E-state index contributed by atoms with van der Waals surface area (Å²) in [6, 6.07) is 62.2. The molecule has 7 rings (SSSR count). The van der Waals surface area contributed by atoms with Gasteiger partial charge in [-0.3, -0.25) is 0 Å². The van der Waals surface area contributed by atoms with E-state index in [1.165, 1.54) is 0 Å². The van der Waals surface area contributed by atoms with Crippen LogP contribution in [0.1, 0.15) is 40.3 Å². The Morgan fingerprint density at radius 1 is 0.463 bits per heavy atom. The van der Waals surface area contributed by atoms with Crippen molar-refractivity contribution in [3.8, 4) is 0 Å². The van der Waals surface area contributed by atoms with Gasteiger partial charge < -0.3 is 23.7 Å². The molecule has 0 aliphatic carbocycles. The Morgan fingerprint density at radius 3 is 1.20 bits per heavy atom. The number of hydrogen-bond donors (Lipinski definition) is 0. The van der Waals surface area contributed by atoms with Gasteiger partial charge in [0.05, 0.1) is 26.4 Å². The van der Waals surface area contributed by atoms with Crippen molar-refractivity contribution in [2.24, 2.45) is 0 Å². The van der Waals surface area contributed by atoms with Crippen LogP contribution in [-0.4, -0.2) is 42.2 Å². The number of ether oxygens (including phenoxy) is 5. The monoisotopic (exact) mass is 736 g/mol. The minimum Gasteiger partial charge on any atom is -0.368 e. The van der Waals surface area contributed by atoms with Gasteiger partial charge in [-0.05, 0) is 39.1 Å². The molecule has 0 amide bonds. The summed E-state index contributed by atoms with van der Waals surface area (Å²) in [7, 11) is 0. The average Bonchev–Trinajstić information content (AvgIpc) is 3.24. The van der Waals surface area contributed by atoms with E-state index in [-0.39, 0.29) is 12.0 Å². The maximum absolute atomic E-state index is 7.40. The molecular weight excluding hydrogens is 689 g/mol. The minimum absolute atomic E-state index is 0.232. The maximum atomic E-state index is 7.40. The van der Waals surface area contributed by atoms with E-state index in [2.05, 4.69) is 116 Å². The molecule has 1 aliphatic heterocycles. The van der Waals surface area contributed by atoms with Crippen molar-refractivity contribution < 1.29 is 23.7 Å². The lowest BCUT2D eigenvalue weighted by Gasteiger charge is -2.47. The van der Waals surface area contributed by atoms with Gasteiger partial charge in [-0.25, -0.2) is 0 Å².